The van der Waals surface area contributed by atoms with Crippen molar-refractivity contribution in [1.82, 2.24) is 9.47 Å². The van der Waals surface area contributed by atoms with Crippen molar-refractivity contribution in [3.63, 3.8) is 0 Å². The number of aryl methyl sites for hydroxylation is 1. The highest BCUT2D eigenvalue weighted by molar-refractivity contribution is 5.85. The van der Waals surface area contributed by atoms with Crippen molar-refractivity contribution >= 4 is 10.9 Å². The molecule has 1 aliphatic rings. The molecule has 2 unspecified atom stereocenters. The highest BCUT2D eigenvalue weighted by Crippen LogP contribution is 2.37. The van der Waals surface area contributed by atoms with Crippen LogP contribution in [0.5, 0.6) is 0 Å². The standard InChI is InChI=1S/C22H25FN2/c1-15-7-10-21(23)20-11-12-25(22(15)20)19-6-4-5-16(14-19)17-8-9-18(13-17)24(2)3/h4-7,10-12,14,17-18H,8-9,13H2,1-3H3. The molecule has 1 aliphatic carbocycles. The average molecular weight is 336 g/mol. The lowest BCUT2D eigenvalue weighted by Gasteiger charge is -2.19. The molecular formula is C22H25FN2. The second kappa shape index (κ2) is 6.30. The SMILES string of the molecule is Cc1ccc(F)c2ccn(-c3cccc(C4CCC(N(C)C)C4)c3)c12. The van der Waals surface area contributed by atoms with Gasteiger partial charge in [0.2, 0.25) is 0 Å². The molecule has 130 valence electrons. The first-order valence-electron chi connectivity index (χ1n) is 9.07. The number of aromatic nitrogens is 1. The van der Waals surface area contributed by atoms with Crippen LogP contribution >= 0.6 is 0 Å². The summed E-state index contributed by atoms with van der Waals surface area (Å²) in [5, 5.41) is 0.693. The molecule has 4 rings (SSSR count). The minimum absolute atomic E-state index is 0.153. The van der Waals surface area contributed by atoms with E-state index in [0.29, 0.717) is 17.3 Å². The third kappa shape index (κ3) is 2.87. The van der Waals surface area contributed by atoms with Crippen molar-refractivity contribution in [3.05, 3.63) is 65.6 Å². The number of nitrogens with zero attached hydrogens (tertiary/aromatic N) is 2. The van der Waals surface area contributed by atoms with E-state index in [2.05, 4.69) is 47.8 Å². The van der Waals surface area contributed by atoms with Crippen LogP contribution in [0.2, 0.25) is 0 Å². The van der Waals surface area contributed by atoms with Crippen LogP contribution in [0.4, 0.5) is 4.39 Å². The Kier molecular flexibility index (Phi) is 4.12. The fraction of sp³-hybridized carbons (Fsp3) is 0.364. The lowest BCUT2D eigenvalue weighted by atomic mass is 9.97. The zero-order valence-electron chi connectivity index (χ0n) is 15.2. The molecule has 0 bridgehead atoms. The van der Waals surface area contributed by atoms with Crippen LogP contribution in [-0.4, -0.2) is 29.6 Å². The number of hydrogen-bond acceptors (Lipinski definition) is 1. The number of rotatable bonds is 3. The Bertz CT molecular complexity index is 910. The maximum absolute atomic E-state index is 14.1. The van der Waals surface area contributed by atoms with E-state index in [9.17, 15) is 4.39 Å². The van der Waals surface area contributed by atoms with Crippen molar-refractivity contribution in [2.75, 3.05) is 14.1 Å². The predicted molar refractivity (Wildman–Crippen MR) is 102 cm³/mol. The third-order valence-electron chi connectivity index (χ3n) is 5.75. The molecule has 25 heavy (non-hydrogen) atoms. The minimum Gasteiger partial charge on any atom is -0.316 e. The van der Waals surface area contributed by atoms with Crippen molar-refractivity contribution in [1.29, 1.82) is 0 Å². The summed E-state index contributed by atoms with van der Waals surface area (Å²) in [5.74, 6) is 0.465. The van der Waals surface area contributed by atoms with Crippen LogP contribution in [0.15, 0.2) is 48.7 Å². The summed E-state index contributed by atoms with van der Waals surface area (Å²) in [4.78, 5) is 2.34. The van der Waals surface area contributed by atoms with E-state index < -0.39 is 0 Å². The molecule has 2 atom stereocenters. The van der Waals surface area contributed by atoms with E-state index in [0.717, 1.165) is 16.8 Å². The lowest BCUT2D eigenvalue weighted by molar-refractivity contribution is 0.296. The first kappa shape index (κ1) is 16.3. The first-order chi connectivity index (χ1) is 12.0. The van der Waals surface area contributed by atoms with Crippen molar-refractivity contribution in [3.8, 4) is 5.69 Å². The van der Waals surface area contributed by atoms with Crippen molar-refractivity contribution < 1.29 is 4.39 Å². The van der Waals surface area contributed by atoms with Gasteiger partial charge in [-0.05, 0) is 81.6 Å². The Labute approximate surface area is 148 Å². The van der Waals surface area contributed by atoms with Gasteiger partial charge in [-0.25, -0.2) is 4.39 Å². The molecule has 1 fully saturated rings. The number of benzene rings is 2. The highest BCUT2D eigenvalue weighted by Gasteiger charge is 2.27. The Balaban J connectivity index is 1.73. The maximum Gasteiger partial charge on any atom is 0.132 e. The van der Waals surface area contributed by atoms with Crippen LogP contribution in [0, 0.1) is 12.7 Å². The van der Waals surface area contributed by atoms with Crippen molar-refractivity contribution in [2.24, 2.45) is 0 Å². The summed E-state index contributed by atoms with van der Waals surface area (Å²) in [6, 6.07) is 14.7. The summed E-state index contributed by atoms with van der Waals surface area (Å²) in [6.45, 7) is 2.04. The van der Waals surface area contributed by atoms with Gasteiger partial charge in [-0.15, -0.1) is 0 Å². The Morgan fingerprint density at radius 2 is 1.92 bits per heavy atom. The first-order valence-corrected chi connectivity index (χ1v) is 9.07. The van der Waals surface area contributed by atoms with Gasteiger partial charge >= 0.3 is 0 Å². The summed E-state index contributed by atoms with van der Waals surface area (Å²) < 4.78 is 16.2. The van der Waals surface area contributed by atoms with Crippen molar-refractivity contribution in [2.45, 2.75) is 38.1 Å². The monoisotopic (exact) mass is 336 g/mol. The minimum atomic E-state index is -0.153. The summed E-state index contributed by atoms with van der Waals surface area (Å²) >= 11 is 0. The second-order valence-corrected chi connectivity index (χ2v) is 7.53. The maximum atomic E-state index is 14.1. The zero-order chi connectivity index (χ0) is 17.6. The van der Waals surface area contributed by atoms with E-state index in [1.165, 1.54) is 24.8 Å². The normalized spacial score (nSPS) is 20.7. The molecule has 1 aromatic heterocycles. The summed E-state index contributed by atoms with van der Waals surface area (Å²) in [6.07, 6.45) is 5.71. The molecule has 0 spiro atoms. The van der Waals surface area contributed by atoms with E-state index in [1.54, 1.807) is 6.07 Å². The molecule has 2 nitrogen and oxygen atoms in total. The topological polar surface area (TPSA) is 8.17 Å². The quantitative estimate of drug-likeness (QED) is 0.632. The van der Waals surface area contributed by atoms with Crippen LogP contribution in [-0.2, 0) is 0 Å². The molecule has 0 aliphatic heterocycles. The number of halogens is 1. The molecule has 0 radical (unpaired) electrons. The lowest BCUT2D eigenvalue weighted by Crippen LogP contribution is -2.24. The molecule has 1 heterocycles. The fourth-order valence-electron chi connectivity index (χ4n) is 4.27. The van der Waals surface area contributed by atoms with Gasteiger partial charge in [-0.2, -0.15) is 0 Å². The smallest absolute Gasteiger partial charge is 0.132 e. The number of hydrogen-bond donors (Lipinski definition) is 0. The molecule has 3 heteroatoms. The zero-order valence-corrected chi connectivity index (χ0v) is 15.2. The summed E-state index contributed by atoms with van der Waals surface area (Å²) in [5.41, 5.74) is 4.59. The largest absolute Gasteiger partial charge is 0.316 e. The van der Waals surface area contributed by atoms with Crippen LogP contribution in [0.25, 0.3) is 16.6 Å². The summed E-state index contributed by atoms with van der Waals surface area (Å²) in [7, 11) is 4.35. The van der Waals surface area contributed by atoms with Gasteiger partial charge in [-0.3, -0.25) is 0 Å². The molecule has 1 saturated carbocycles. The van der Waals surface area contributed by atoms with E-state index in [4.69, 9.17) is 0 Å². The van der Waals surface area contributed by atoms with Crippen LogP contribution in [0.1, 0.15) is 36.3 Å². The van der Waals surface area contributed by atoms with E-state index >= 15 is 0 Å². The third-order valence-corrected chi connectivity index (χ3v) is 5.75. The van der Waals surface area contributed by atoms with Gasteiger partial charge in [0.1, 0.15) is 5.82 Å². The number of fused-ring (bicyclic) bond motifs is 1. The predicted octanol–water partition coefficient (Wildman–Crippen LogP) is 5.28. The van der Waals surface area contributed by atoms with Gasteiger partial charge in [0, 0.05) is 23.3 Å². The van der Waals surface area contributed by atoms with E-state index in [1.807, 2.05) is 25.3 Å². The Morgan fingerprint density at radius 1 is 1.08 bits per heavy atom. The fourth-order valence-corrected chi connectivity index (χ4v) is 4.27. The molecular weight excluding hydrogens is 311 g/mol. The molecule has 2 aromatic carbocycles. The van der Waals surface area contributed by atoms with Gasteiger partial charge < -0.3 is 9.47 Å². The van der Waals surface area contributed by atoms with Gasteiger partial charge in [0.25, 0.3) is 0 Å². The average Bonchev–Trinajstić information content (AvgIpc) is 3.26. The van der Waals surface area contributed by atoms with Crippen LogP contribution < -0.4 is 0 Å². The molecule has 0 amide bonds. The Hall–Kier alpha value is -2.13. The highest BCUT2D eigenvalue weighted by atomic mass is 19.1. The van der Waals surface area contributed by atoms with Gasteiger partial charge in [0.15, 0.2) is 0 Å². The Morgan fingerprint density at radius 3 is 2.68 bits per heavy atom. The van der Waals surface area contributed by atoms with E-state index in [-0.39, 0.29) is 5.82 Å². The van der Waals surface area contributed by atoms with Gasteiger partial charge in [0.05, 0.1) is 5.52 Å². The second-order valence-electron chi connectivity index (χ2n) is 7.53. The molecule has 0 saturated heterocycles. The molecule has 0 N–H and O–H groups in total. The molecule has 3 aromatic rings. The van der Waals surface area contributed by atoms with Gasteiger partial charge in [-0.1, -0.05) is 18.2 Å². The van der Waals surface area contributed by atoms with Crippen LogP contribution in [0.3, 0.4) is 0 Å².